The second kappa shape index (κ2) is 3.81. The third kappa shape index (κ3) is 1.73. The monoisotopic (exact) mass is 225 g/mol. The van der Waals surface area contributed by atoms with Gasteiger partial charge in [0.25, 0.3) is 0 Å². The van der Waals surface area contributed by atoms with Gasteiger partial charge in [-0.3, -0.25) is 0 Å². The molecule has 1 aliphatic rings. The third-order valence-electron chi connectivity index (χ3n) is 3.52. The Kier molecular flexibility index (Phi) is 2.74. The molecule has 0 heterocycles. The van der Waals surface area contributed by atoms with E-state index in [-0.39, 0.29) is 11.3 Å². The molecule has 0 spiro atoms. The number of nitrogens with two attached hydrogens (primary N) is 1. The minimum absolute atomic E-state index is 0.0629. The van der Waals surface area contributed by atoms with Gasteiger partial charge in [0.15, 0.2) is 0 Å². The summed E-state index contributed by atoms with van der Waals surface area (Å²) in [7, 11) is 0. The standard InChI is InChI=1S/C13H17F2N/c1-8(2)9-5-10(12(15)6-11(9)14)13(7-16)3-4-13/h5-6,8H,3-4,7,16H2,1-2H3. The molecular formula is C13H17F2N. The second-order valence-corrected chi connectivity index (χ2v) is 4.99. The summed E-state index contributed by atoms with van der Waals surface area (Å²) >= 11 is 0. The third-order valence-corrected chi connectivity index (χ3v) is 3.52. The lowest BCUT2D eigenvalue weighted by molar-refractivity contribution is 0.536. The molecule has 2 N–H and O–H groups in total. The van der Waals surface area contributed by atoms with Crippen molar-refractivity contribution in [2.24, 2.45) is 5.73 Å². The van der Waals surface area contributed by atoms with Crippen molar-refractivity contribution in [2.45, 2.75) is 38.0 Å². The van der Waals surface area contributed by atoms with E-state index in [0.717, 1.165) is 18.9 Å². The van der Waals surface area contributed by atoms with Gasteiger partial charge in [0.05, 0.1) is 0 Å². The Labute approximate surface area is 94.7 Å². The van der Waals surface area contributed by atoms with Crippen molar-refractivity contribution in [3.8, 4) is 0 Å². The van der Waals surface area contributed by atoms with Gasteiger partial charge in [-0.1, -0.05) is 13.8 Å². The molecule has 1 aliphatic carbocycles. The summed E-state index contributed by atoms with van der Waals surface area (Å²) in [5.41, 5.74) is 6.63. The molecule has 16 heavy (non-hydrogen) atoms. The van der Waals surface area contributed by atoms with E-state index in [9.17, 15) is 8.78 Å². The smallest absolute Gasteiger partial charge is 0.129 e. The van der Waals surface area contributed by atoms with Crippen molar-refractivity contribution < 1.29 is 8.78 Å². The molecule has 1 nitrogen and oxygen atoms in total. The highest BCUT2D eigenvalue weighted by molar-refractivity contribution is 5.38. The first-order valence-corrected chi connectivity index (χ1v) is 5.69. The van der Waals surface area contributed by atoms with Crippen molar-refractivity contribution in [2.75, 3.05) is 6.54 Å². The van der Waals surface area contributed by atoms with Crippen molar-refractivity contribution in [1.29, 1.82) is 0 Å². The van der Waals surface area contributed by atoms with Crippen molar-refractivity contribution in [3.05, 3.63) is 34.9 Å². The highest BCUT2D eigenvalue weighted by Gasteiger charge is 2.45. The molecule has 0 aliphatic heterocycles. The van der Waals surface area contributed by atoms with E-state index in [1.54, 1.807) is 6.07 Å². The number of rotatable bonds is 3. The van der Waals surface area contributed by atoms with Gasteiger partial charge >= 0.3 is 0 Å². The maximum atomic E-state index is 13.7. The molecule has 1 saturated carbocycles. The lowest BCUT2D eigenvalue weighted by atomic mass is 9.91. The molecule has 88 valence electrons. The minimum atomic E-state index is -0.455. The van der Waals surface area contributed by atoms with Crippen LogP contribution in [0.15, 0.2) is 12.1 Å². The zero-order chi connectivity index (χ0) is 11.9. The highest BCUT2D eigenvalue weighted by Crippen LogP contribution is 2.48. The lowest BCUT2D eigenvalue weighted by Crippen LogP contribution is -2.21. The average molecular weight is 225 g/mol. The number of hydrogen-bond donors (Lipinski definition) is 1. The average Bonchev–Trinajstić information content (AvgIpc) is 2.98. The van der Waals surface area contributed by atoms with Crippen LogP contribution in [-0.4, -0.2) is 6.54 Å². The molecule has 0 saturated heterocycles. The zero-order valence-electron chi connectivity index (χ0n) is 9.69. The Morgan fingerprint density at radius 3 is 2.31 bits per heavy atom. The van der Waals surface area contributed by atoms with Crippen molar-refractivity contribution in [3.63, 3.8) is 0 Å². The maximum absolute atomic E-state index is 13.7. The number of halogens is 2. The molecule has 0 aromatic heterocycles. The van der Waals surface area contributed by atoms with E-state index in [1.165, 1.54) is 0 Å². The van der Waals surface area contributed by atoms with Gasteiger partial charge in [0.2, 0.25) is 0 Å². The van der Waals surface area contributed by atoms with Gasteiger partial charge < -0.3 is 5.73 Å². The lowest BCUT2D eigenvalue weighted by Gasteiger charge is -2.17. The molecule has 1 fully saturated rings. The maximum Gasteiger partial charge on any atom is 0.129 e. The fraction of sp³-hybridized carbons (Fsp3) is 0.538. The van der Waals surface area contributed by atoms with E-state index in [1.807, 2.05) is 13.8 Å². The van der Waals surface area contributed by atoms with Gasteiger partial charge in [0, 0.05) is 18.0 Å². The summed E-state index contributed by atoms with van der Waals surface area (Å²) in [5, 5.41) is 0. The van der Waals surface area contributed by atoms with Gasteiger partial charge in [0.1, 0.15) is 11.6 Å². The predicted octanol–water partition coefficient (Wildman–Crippen LogP) is 3.08. The summed E-state index contributed by atoms with van der Waals surface area (Å²) in [6.07, 6.45) is 1.81. The molecule has 1 aromatic carbocycles. The SMILES string of the molecule is CC(C)c1cc(C2(CN)CC2)c(F)cc1F. The van der Waals surface area contributed by atoms with E-state index in [0.29, 0.717) is 17.7 Å². The van der Waals surface area contributed by atoms with Crippen LogP contribution < -0.4 is 5.73 Å². The number of hydrogen-bond acceptors (Lipinski definition) is 1. The summed E-state index contributed by atoms with van der Waals surface area (Å²) < 4.78 is 27.2. The van der Waals surface area contributed by atoms with Crippen LogP contribution >= 0.6 is 0 Å². The fourth-order valence-electron chi connectivity index (χ4n) is 2.15. The first-order chi connectivity index (χ1) is 7.50. The largest absolute Gasteiger partial charge is 0.330 e. The first kappa shape index (κ1) is 11.5. The molecule has 0 atom stereocenters. The van der Waals surface area contributed by atoms with E-state index >= 15 is 0 Å². The van der Waals surface area contributed by atoms with Crippen molar-refractivity contribution >= 4 is 0 Å². The van der Waals surface area contributed by atoms with E-state index < -0.39 is 11.6 Å². The van der Waals surface area contributed by atoms with Crippen LogP contribution in [0.5, 0.6) is 0 Å². The Morgan fingerprint density at radius 2 is 1.88 bits per heavy atom. The van der Waals surface area contributed by atoms with E-state index in [2.05, 4.69) is 0 Å². The Balaban J connectivity index is 2.50. The topological polar surface area (TPSA) is 26.0 Å². The van der Waals surface area contributed by atoms with Crippen LogP contribution in [0.3, 0.4) is 0 Å². The Hall–Kier alpha value is -0.960. The van der Waals surface area contributed by atoms with Gasteiger partial charge in [-0.25, -0.2) is 8.78 Å². The molecule has 0 amide bonds. The Bertz CT molecular complexity index is 409. The molecule has 2 rings (SSSR count). The molecule has 1 aromatic rings. The van der Waals surface area contributed by atoms with Crippen LogP contribution in [0.4, 0.5) is 8.78 Å². The van der Waals surface area contributed by atoms with E-state index in [4.69, 9.17) is 5.73 Å². The van der Waals surface area contributed by atoms with Gasteiger partial charge in [-0.05, 0) is 36.0 Å². The van der Waals surface area contributed by atoms with Crippen LogP contribution in [0.25, 0.3) is 0 Å². The normalized spacial score (nSPS) is 17.9. The quantitative estimate of drug-likeness (QED) is 0.840. The van der Waals surface area contributed by atoms with Crippen molar-refractivity contribution in [1.82, 2.24) is 0 Å². The highest BCUT2D eigenvalue weighted by atomic mass is 19.1. The second-order valence-electron chi connectivity index (χ2n) is 4.99. The van der Waals surface area contributed by atoms with Crippen LogP contribution in [0.1, 0.15) is 43.7 Å². The summed E-state index contributed by atoms with van der Waals surface area (Å²) in [6.45, 7) is 4.25. The molecule has 0 unspecified atom stereocenters. The molecule has 0 bridgehead atoms. The summed E-state index contributed by atoms with van der Waals surface area (Å²) in [6, 6.07) is 2.66. The molecular weight excluding hydrogens is 208 g/mol. The summed E-state index contributed by atoms with van der Waals surface area (Å²) in [4.78, 5) is 0. The fourth-order valence-corrected chi connectivity index (χ4v) is 2.15. The predicted molar refractivity (Wildman–Crippen MR) is 60.4 cm³/mol. The van der Waals surface area contributed by atoms with Crippen LogP contribution in [0.2, 0.25) is 0 Å². The molecule has 0 radical (unpaired) electrons. The van der Waals surface area contributed by atoms with Gasteiger partial charge in [-0.15, -0.1) is 0 Å². The van der Waals surface area contributed by atoms with Crippen LogP contribution in [0, 0.1) is 11.6 Å². The van der Waals surface area contributed by atoms with Gasteiger partial charge in [-0.2, -0.15) is 0 Å². The zero-order valence-corrected chi connectivity index (χ0v) is 9.69. The summed E-state index contributed by atoms with van der Waals surface area (Å²) in [5.74, 6) is -0.846. The van der Waals surface area contributed by atoms with Crippen LogP contribution in [-0.2, 0) is 5.41 Å². The minimum Gasteiger partial charge on any atom is -0.330 e. The number of benzene rings is 1. The molecule has 3 heteroatoms. The Morgan fingerprint density at radius 1 is 1.25 bits per heavy atom. The first-order valence-electron chi connectivity index (χ1n) is 5.69.